The molecule has 4 fully saturated rings. The number of rotatable bonds is 11. The van der Waals surface area contributed by atoms with Gasteiger partial charge >= 0.3 is 12.1 Å². The number of nitrogens with zero attached hydrogens (tertiary/aromatic N) is 7. The summed E-state index contributed by atoms with van der Waals surface area (Å²) in [4.78, 5) is 56.2. The number of carbonyl (C=O) groups is 3. The minimum atomic E-state index is -0.747. The lowest BCUT2D eigenvalue weighted by Gasteiger charge is -2.69. The number of benzene rings is 1. The number of pyridine rings is 1. The minimum Gasteiger partial charge on any atom is -0.455 e. The molecule has 340 valence electrons. The van der Waals surface area contributed by atoms with Crippen LogP contribution in [0.25, 0.3) is 21.3 Å². The Morgan fingerprint density at radius 3 is 2.30 bits per heavy atom. The van der Waals surface area contributed by atoms with Gasteiger partial charge in [0.2, 0.25) is 0 Å². The van der Waals surface area contributed by atoms with Gasteiger partial charge in [-0.15, -0.1) is 0 Å². The lowest BCUT2D eigenvalue weighted by Crippen LogP contribution is -2.64. The van der Waals surface area contributed by atoms with Gasteiger partial charge in [0.15, 0.2) is 16.5 Å². The van der Waals surface area contributed by atoms with E-state index in [1.807, 2.05) is 88.7 Å². The van der Waals surface area contributed by atoms with Crippen molar-refractivity contribution in [3.05, 3.63) is 71.7 Å². The van der Waals surface area contributed by atoms with Crippen molar-refractivity contribution in [2.45, 2.75) is 137 Å². The molecule has 4 bridgehead atoms. The first-order valence-corrected chi connectivity index (χ1v) is 23.3. The first-order chi connectivity index (χ1) is 30.1. The van der Waals surface area contributed by atoms with E-state index in [0.717, 1.165) is 65.8 Å². The summed E-state index contributed by atoms with van der Waals surface area (Å²) in [5.41, 5.74) is 3.18. The number of hydrogen-bond donors (Lipinski definition) is 2. The molecule has 4 aromatic heterocycles. The largest absolute Gasteiger partial charge is 0.455 e. The van der Waals surface area contributed by atoms with Crippen molar-refractivity contribution in [2.24, 2.45) is 16.2 Å². The van der Waals surface area contributed by atoms with Crippen molar-refractivity contribution in [1.82, 2.24) is 34.6 Å². The highest BCUT2D eigenvalue weighted by Gasteiger charge is 2.66. The summed E-state index contributed by atoms with van der Waals surface area (Å²) >= 11 is 1.42. The molecule has 15 nitrogen and oxygen atoms in total. The van der Waals surface area contributed by atoms with E-state index in [0.29, 0.717) is 55.0 Å². The topological polar surface area (TPSA) is 168 Å². The van der Waals surface area contributed by atoms with E-state index in [9.17, 15) is 14.4 Å². The van der Waals surface area contributed by atoms with Crippen molar-refractivity contribution >= 4 is 50.5 Å². The Bertz CT molecular complexity index is 2580. The van der Waals surface area contributed by atoms with Gasteiger partial charge in [-0.2, -0.15) is 5.10 Å². The van der Waals surface area contributed by atoms with Crippen molar-refractivity contribution in [2.75, 3.05) is 29.9 Å². The monoisotopic (exact) mass is 891 g/mol. The van der Waals surface area contributed by atoms with Gasteiger partial charge in [0, 0.05) is 43.0 Å². The predicted molar refractivity (Wildman–Crippen MR) is 245 cm³/mol. The summed E-state index contributed by atoms with van der Waals surface area (Å²) in [6, 6.07) is 11.7. The third-order valence-corrected chi connectivity index (χ3v) is 14.1. The predicted octanol–water partition coefficient (Wildman–Crippen LogP) is 8.95. The van der Waals surface area contributed by atoms with Crippen LogP contribution in [0.4, 0.5) is 15.7 Å². The zero-order valence-electron chi connectivity index (χ0n) is 38.6. The van der Waals surface area contributed by atoms with E-state index >= 15 is 0 Å². The number of carbonyl (C=O) groups excluding carboxylic acids is 3. The number of para-hydroxylation sites is 1. The SMILES string of the molecule is Cc1c(-c2ccc(N3CCn4cnc(C(=O)Nc5nc6ccccc6s5)c4C3)nc2C(=O)OC(C)(C)C)cnn1CC12CC3(C)CC(C)(C1)CC(OCCNC(=O)OC(C)(C)C)(C3)C2. The van der Waals surface area contributed by atoms with Gasteiger partial charge in [-0.1, -0.05) is 37.3 Å². The molecule has 4 saturated carbocycles. The number of nitrogens with one attached hydrogen (secondary N) is 2. The Kier molecular flexibility index (Phi) is 10.7. The fourth-order valence-electron chi connectivity index (χ4n) is 12.1. The molecule has 4 aliphatic carbocycles. The summed E-state index contributed by atoms with van der Waals surface area (Å²) in [6.45, 7) is 21.1. The van der Waals surface area contributed by atoms with Gasteiger partial charge in [-0.25, -0.2) is 24.5 Å². The van der Waals surface area contributed by atoms with E-state index in [1.54, 1.807) is 6.33 Å². The summed E-state index contributed by atoms with van der Waals surface area (Å²) in [7, 11) is 0. The van der Waals surface area contributed by atoms with Crippen LogP contribution in [0, 0.1) is 23.2 Å². The van der Waals surface area contributed by atoms with Crippen molar-refractivity contribution in [3.8, 4) is 11.1 Å². The molecule has 0 spiro atoms. The normalized spacial score (nSPS) is 25.0. The summed E-state index contributed by atoms with van der Waals surface area (Å²) in [5, 5.41) is 11.3. The number of hydrogen-bond acceptors (Lipinski definition) is 12. The Morgan fingerprint density at radius 2 is 1.58 bits per heavy atom. The third kappa shape index (κ3) is 8.87. The summed E-state index contributed by atoms with van der Waals surface area (Å²) < 4.78 is 23.4. The number of esters is 1. The summed E-state index contributed by atoms with van der Waals surface area (Å²) in [6.07, 6.45) is 9.40. The highest BCUT2D eigenvalue weighted by molar-refractivity contribution is 7.22. The van der Waals surface area contributed by atoms with Gasteiger partial charge in [-0.05, 0) is 128 Å². The molecule has 5 aliphatic rings. The van der Waals surface area contributed by atoms with E-state index in [1.165, 1.54) is 17.8 Å². The molecule has 0 radical (unpaired) electrons. The van der Waals surface area contributed by atoms with Crippen LogP contribution < -0.4 is 15.5 Å². The fourth-order valence-corrected chi connectivity index (χ4v) is 13.0. The number of alkyl carbamates (subject to hydrolysis) is 1. The fraction of sp³-hybridized carbons (Fsp3) is 0.562. The molecular formula is C48H61N9O6S. The van der Waals surface area contributed by atoms with Crippen LogP contribution in [0.2, 0.25) is 0 Å². The average molecular weight is 892 g/mol. The highest BCUT2D eigenvalue weighted by atomic mass is 32.1. The van der Waals surface area contributed by atoms with Crippen molar-refractivity contribution in [1.29, 1.82) is 0 Å². The Balaban J connectivity index is 0.953. The zero-order valence-corrected chi connectivity index (χ0v) is 39.4. The average Bonchev–Trinajstić information content (AvgIpc) is 3.89. The molecule has 5 heterocycles. The molecular weight excluding hydrogens is 831 g/mol. The van der Waals surface area contributed by atoms with Crippen LogP contribution in [-0.2, 0) is 33.8 Å². The smallest absolute Gasteiger partial charge is 0.407 e. The Hall–Kier alpha value is -5.35. The van der Waals surface area contributed by atoms with Gasteiger partial charge in [0.25, 0.3) is 5.91 Å². The third-order valence-electron chi connectivity index (χ3n) is 13.1. The molecule has 64 heavy (non-hydrogen) atoms. The molecule has 1 aliphatic heterocycles. The number of imidazole rings is 1. The number of ether oxygens (including phenoxy) is 3. The Labute approximate surface area is 378 Å². The highest BCUT2D eigenvalue weighted by Crippen LogP contribution is 2.72. The molecule has 2 unspecified atom stereocenters. The van der Waals surface area contributed by atoms with E-state index in [4.69, 9.17) is 24.3 Å². The van der Waals surface area contributed by atoms with Gasteiger partial charge in [0.1, 0.15) is 17.0 Å². The quantitative estimate of drug-likeness (QED) is 0.0960. The first-order valence-electron chi connectivity index (χ1n) is 22.4. The lowest BCUT2D eigenvalue weighted by atomic mass is 9.39. The molecule has 16 heteroatoms. The minimum absolute atomic E-state index is 0.0358. The second-order valence-corrected chi connectivity index (χ2v) is 22.6. The maximum Gasteiger partial charge on any atom is 0.407 e. The van der Waals surface area contributed by atoms with Crippen LogP contribution in [0.1, 0.15) is 126 Å². The van der Waals surface area contributed by atoms with Gasteiger partial charge in [0.05, 0.1) is 47.2 Å². The number of fused-ring (bicyclic) bond motifs is 2. The molecule has 10 rings (SSSR count). The maximum absolute atomic E-state index is 14.1. The van der Waals surface area contributed by atoms with E-state index in [2.05, 4.69) is 51.0 Å². The number of thiazole rings is 1. The van der Waals surface area contributed by atoms with Crippen molar-refractivity contribution in [3.63, 3.8) is 0 Å². The molecule has 2 atom stereocenters. The van der Waals surface area contributed by atoms with Crippen LogP contribution in [0.15, 0.2) is 48.9 Å². The standard InChI is InChI=1S/C48H61N9O6S/c1-30-32(20-51-57(30)28-47-23-45(8)22-46(9,24-47)26-48(25-45,27-47)61-19-16-49-42(60)63-44(5,6)7)31-14-15-36(53-37(31)40(59)62-43(2,3)4)55-17-18-56-29-50-38(34(56)21-55)39(58)54-41-52-33-12-10-11-13-35(33)64-41/h10-15,20,29H,16-19,21-28H2,1-9H3,(H,49,60)(H,52,54,58). The molecule has 0 saturated heterocycles. The number of amides is 2. The molecule has 2 N–H and O–H groups in total. The van der Waals surface area contributed by atoms with E-state index in [-0.39, 0.29) is 33.4 Å². The molecule has 5 aromatic rings. The second-order valence-electron chi connectivity index (χ2n) is 21.6. The van der Waals surface area contributed by atoms with Crippen LogP contribution in [0.5, 0.6) is 0 Å². The van der Waals surface area contributed by atoms with Crippen LogP contribution >= 0.6 is 11.3 Å². The summed E-state index contributed by atoms with van der Waals surface area (Å²) in [5.74, 6) is -0.246. The van der Waals surface area contributed by atoms with Gasteiger partial charge < -0.3 is 29.0 Å². The van der Waals surface area contributed by atoms with E-state index < -0.39 is 23.3 Å². The zero-order chi connectivity index (χ0) is 45.5. The molecule has 1 aromatic carbocycles. The Morgan fingerprint density at radius 1 is 0.844 bits per heavy atom. The van der Waals surface area contributed by atoms with Gasteiger partial charge in [-0.3, -0.25) is 14.8 Å². The maximum atomic E-state index is 14.1. The number of aromatic nitrogens is 6. The second kappa shape index (κ2) is 15.7. The lowest BCUT2D eigenvalue weighted by molar-refractivity contribution is -0.247. The molecule has 2 amide bonds. The van der Waals surface area contributed by atoms with Crippen LogP contribution in [-0.4, -0.2) is 83.8 Å². The number of anilines is 2. The first kappa shape index (κ1) is 43.9. The van der Waals surface area contributed by atoms with Crippen LogP contribution in [0.3, 0.4) is 0 Å². The van der Waals surface area contributed by atoms with Crippen molar-refractivity contribution < 1.29 is 28.6 Å².